The van der Waals surface area contributed by atoms with Gasteiger partial charge in [-0.15, -0.1) is 0 Å². The van der Waals surface area contributed by atoms with Crippen molar-refractivity contribution in [2.24, 2.45) is 5.73 Å². The first-order valence-electron chi connectivity index (χ1n) is 5.90. The number of methoxy groups -OCH3 is 1. The molecule has 2 N–H and O–H groups in total. The van der Waals surface area contributed by atoms with Crippen LogP contribution in [0.25, 0.3) is 0 Å². The molecule has 19 heavy (non-hydrogen) atoms. The topological polar surface area (TPSA) is 70.8 Å². The van der Waals surface area contributed by atoms with E-state index in [-0.39, 0.29) is 6.79 Å². The van der Waals surface area contributed by atoms with E-state index >= 15 is 0 Å². The van der Waals surface area contributed by atoms with Crippen molar-refractivity contribution in [2.75, 3.05) is 13.9 Å². The highest BCUT2D eigenvalue weighted by Gasteiger charge is 2.25. The van der Waals surface area contributed by atoms with Crippen LogP contribution in [0, 0.1) is 3.57 Å². The zero-order valence-corrected chi connectivity index (χ0v) is 13.1. The minimum atomic E-state index is -0.802. The summed E-state index contributed by atoms with van der Waals surface area (Å²) in [6, 6.07) is 7.81. The normalized spacial score (nSPS) is 13.8. The summed E-state index contributed by atoms with van der Waals surface area (Å²) in [5, 5.41) is 0. The average Bonchev–Trinajstić information content (AvgIpc) is 2.37. The van der Waals surface area contributed by atoms with Crippen LogP contribution in [0.4, 0.5) is 4.79 Å². The number of nitrogens with two attached hydrogens (primary N) is 1. The number of hydrogen-bond donors (Lipinski definition) is 1. The van der Waals surface area contributed by atoms with Crippen LogP contribution in [0.5, 0.6) is 0 Å². The van der Waals surface area contributed by atoms with E-state index in [9.17, 15) is 4.79 Å². The number of benzene rings is 1. The molecule has 0 spiro atoms. The molecule has 1 aromatic rings. The van der Waals surface area contributed by atoms with Crippen LogP contribution in [0.15, 0.2) is 24.3 Å². The first-order chi connectivity index (χ1) is 9.08. The molecule has 0 aliphatic rings. The maximum absolute atomic E-state index is 11.0. The van der Waals surface area contributed by atoms with Gasteiger partial charge >= 0.3 is 6.09 Å². The van der Waals surface area contributed by atoms with Gasteiger partial charge in [-0.3, -0.25) is 0 Å². The van der Waals surface area contributed by atoms with Gasteiger partial charge in [0.05, 0.1) is 0 Å². The van der Waals surface area contributed by atoms with Crippen LogP contribution in [-0.4, -0.2) is 26.1 Å². The summed E-state index contributed by atoms with van der Waals surface area (Å²) >= 11 is 2.22. The third-order valence-electron chi connectivity index (χ3n) is 2.55. The molecule has 0 bridgehead atoms. The molecule has 0 heterocycles. The Balaban J connectivity index is 2.94. The van der Waals surface area contributed by atoms with Crippen molar-refractivity contribution >= 4 is 28.7 Å². The third kappa shape index (κ3) is 5.33. The molecule has 6 heteroatoms. The summed E-state index contributed by atoms with van der Waals surface area (Å²) in [5.41, 5.74) is 6.02. The van der Waals surface area contributed by atoms with Crippen LogP contribution in [0.3, 0.4) is 0 Å². The van der Waals surface area contributed by atoms with Crippen molar-refractivity contribution in [1.29, 1.82) is 0 Å². The van der Waals surface area contributed by atoms with Gasteiger partial charge in [0.2, 0.25) is 0 Å². The highest BCUT2D eigenvalue weighted by atomic mass is 127. The Morgan fingerprint density at radius 2 is 2.21 bits per heavy atom. The molecular formula is C13H18INO4. The first kappa shape index (κ1) is 16.2. The Kier molecular flexibility index (Phi) is 7.11. The second-order valence-corrected chi connectivity index (χ2v) is 5.18. The predicted octanol–water partition coefficient (Wildman–Crippen LogP) is 2.83. The van der Waals surface area contributed by atoms with E-state index in [4.69, 9.17) is 19.9 Å². The van der Waals surface area contributed by atoms with E-state index in [0.717, 1.165) is 9.13 Å². The molecule has 0 aliphatic heterocycles. The van der Waals surface area contributed by atoms with Crippen LogP contribution in [0.2, 0.25) is 0 Å². The maximum Gasteiger partial charge on any atom is 0.404 e. The first-order valence-corrected chi connectivity index (χ1v) is 6.98. The summed E-state index contributed by atoms with van der Waals surface area (Å²) in [5.74, 6) is 0. The molecule has 0 radical (unpaired) electrons. The van der Waals surface area contributed by atoms with Gasteiger partial charge < -0.3 is 19.9 Å². The number of hydrogen-bond acceptors (Lipinski definition) is 4. The van der Waals surface area contributed by atoms with Crippen molar-refractivity contribution in [2.45, 2.75) is 25.6 Å². The zero-order valence-electron chi connectivity index (χ0n) is 11.0. The lowest BCUT2D eigenvalue weighted by Gasteiger charge is -2.26. The molecule has 0 saturated heterocycles. The SMILES string of the molecule is CC[C@H](OC(N)=O)[C@@H](OCOC)c1cccc(I)c1. The number of amides is 1. The van der Waals surface area contributed by atoms with Gasteiger partial charge in [-0.2, -0.15) is 0 Å². The quantitative estimate of drug-likeness (QED) is 0.584. The molecule has 0 fully saturated rings. The highest BCUT2D eigenvalue weighted by Crippen LogP contribution is 2.27. The maximum atomic E-state index is 11.0. The molecule has 106 valence electrons. The van der Waals surface area contributed by atoms with Crippen molar-refractivity contribution in [3.05, 3.63) is 33.4 Å². The molecule has 0 saturated carbocycles. The van der Waals surface area contributed by atoms with Crippen molar-refractivity contribution in [3.63, 3.8) is 0 Å². The second-order valence-electron chi connectivity index (χ2n) is 3.93. The van der Waals surface area contributed by atoms with E-state index in [0.29, 0.717) is 6.42 Å². The monoisotopic (exact) mass is 379 g/mol. The molecule has 1 aromatic carbocycles. The van der Waals surface area contributed by atoms with Crippen molar-refractivity contribution < 1.29 is 19.0 Å². The molecule has 0 aliphatic carbocycles. The molecular weight excluding hydrogens is 361 g/mol. The molecule has 0 unspecified atom stereocenters. The smallest absolute Gasteiger partial charge is 0.404 e. The Labute approximate surface area is 126 Å². The van der Waals surface area contributed by atoms with E-state index in [2.05, 4.69) is 22.6 Å². The standard InChI is InChI=1S/C13H18INO4/c1-3-11(19-13(15)16)12(18-8-17-2)9-5-4-6-10(14)7-9/h4-7,11-12H,3,8H2,1-2H3,(H2,15,16)/t11-,12-/m0/s1. The summed E-state index contributed by atoms with van der Waals surface area (Å²) in [6.07, 6.45) is -1.04. The van der Waals surface area contributed by atoms with Crippen LogP contribution >= 0.6 is 22.6 Å². The molecule has 0 aromatic heterocycles. The fourth-order valence-electron chi connectivity index (χ4n) is 1.75. The number of halogens is 1. The Morgan fingerprint density at radius 3 is 2.74 bits per heavy atom. The summed E-state index contributed by atoms with van der Waals surface area (Å²) < 4.78 is 16.7. The van der Waals surface area contributed by atoms with Gasteiger partial charge in [-0.1, -0.05) is 19.1 Å². The fourth-order valence-corrected chi connectivity index (χ4v) is 2.32. The minimum absolute atomic E-state index is 0.120. The predicted molar refractivity (Wildman–Crippen MR) is 79.6 cm³/mol. The molecule has 1 amide bonds. The van der Waals surface area contributed by atoms with Crippen molar-refractivity contribution in [3.8, 4) is 0 Å². The summed E-state index contributed by atoms with van der Waals surface area (Å²) in [4.78, 5) is 11.0. The lowest BCUT2D eigenvalue weighted by Crippen LogP contribution is -2.30. The zero-order chi connectivity index (χ0) is 14.3. The van der Waals surface area contributed by atoms with Gasteiger partial charge in [0.25, 0.3) is 0 Å². The van der Waals surface area contributed by atoms with Crippen molar-refractivity contribution in [1.82, 2.24) is 0 Å². The number of carbonyl (C=O) groups excluding carboxylic acids is 1. The third-order valence-corrected chi connectivity index (χ3v) is 3.22. The van der Waals surface area contributed by atoms with Gasteiger partial charge in [0, 0.05) is 10.7 Å². The Bertz CT molecular complexity index is 413. The van der Waals surface area contributed by atoms with E-state index in [1.165, 1.54) is 0 Å². The minimum Gasteiger partial charge on any atom is -0.443 e. The van der Waals surface area contributed by atoms with E-state index < -0.39 is 18.3 Å². The fraction of sp³-hybridized carbons (Fsp3) is 0.462. The van der Waals surface area contributed by atoms with E-state index in [1.54, 1.807) is 7.11 Å². The largest absolute Gasteiger partial charge is 0.443 e. The average molecular weight is 379 g/mol. The van der Waals surface area contributed by atoms with Gasteiger partial charge in [-0.25, -0.2) is 4.79 Å². The molecule has 5 nitrogen and oxygen atoms in total. The lowest BCUT2D eigenvalue weighted by molar-refractivity contribution is -0.116. The number of rotatable bonds is 7. The number of ether oxygens (including phenoxy) is 3. The van der Waals surface area contributed by atoms with Crippen LogP contribution in [-0.2, 0) is 14.2 Å². The number of carbonyl (C=O) groups is 1. The Morgan fingerprint density at radius 1 is 1.47 bits per heavy atom. The lowest BCUT2D eigenvalue weighted by atomic mass is 10.0. The molecule has 2 atom stereocenters. The Hall–Kier alpha value is -0.860. The second kappa shape index (κ2) is 8.34. The molecule has 1 rings (SSSR count). The highest BCUT2D eigenvalue weighted by molar-refractivity contribution is 14.1. The summed E-state index contributed by atoms with van der Waals surface area (Å²) in [6.45, 7) is 2.03. The summed E-state index contributed by atoms with van der Waals surface area (Å²) in [7, 11) is 1.54. The number of primary amides is 1. The van der Waals surface area contributed by atoms with Gasteiger partial charge in [-0.05, 0) is 46.7 Å². The van der Waals surface area contributed by atoms with E-state index in [1.807, 2.05) is 31.2 Å². The van der Waals surface area contributed by atoms with Crippen LogP contribution in [0.1, 0.15) is 25.0 Å². The van der Waals surface area contributed by atoms with Gasteiger partial charge in [0.1, 0.15) is 19.0 Å². The van der Waals surface area contributed by atoms with Crippen LogP contribution < -0.4 is 5.73 Å². The van der Waals surface area contributed by atoms with Gasteiger partial charge in [0.15, 0.2) is 0 Å².